The first kappa shape index (κ1) is 10.5. The Balaban J connectivity index is 1.99. The molecule has 1 N–H and O–H groups in total. The van der Waals surface area contributed by atoms with Crippen molar-refractivity contribution in [3.63, 3.8) is 0 Å². The standard InChI is InChI=1S/C11H11ClN2S/c1-8-10(12)15-11(14-8)13-7-9-5-3-2-4-6-9/h2-6H,7H2,1H3,(H,13,14). The van der Waals surface area contributed by atoms with Gasteiger partial charge in [0.05, 0.1) is 5.69 Å². The van der Waals surface area contributed by atoms with Gasteiger partial charge in [-0.05, 0) is 12.5 Å². The van der Waals surface area contributed by atoms with E-state index in [4.69, 9.17) is 11.6 Å². The number of anilines is 1. The molecule has 0 aliphatic rings. The molecule has 0 spiro atoms. The van der Waals surface area contributed by atoms with Crippen LogP contribution in [0.25, 0.3) is 0 Å². The van der Waals surface area contributed by atoms with Gasteiger partial charge < -0.3 is 5.32 Å². The van der Waals surface area contributed by atoms with Crippen molar-refractivity contribution in [2.45, 2.75) is 13.5 Å². The van der Waals surface area contributed by atoms with E-state index in [2.05, 4.69) is 22.4 Å². The fourth-order valence-electron chi connectivity index (χ4n) is 1.23. The number of benzene rings is 1. The van der Waals surface area contributed by atoms with Crippen molar-refractivity contribution < 1.29 is 0 Å². The number of thiazole rings is 1. The average Bonchev–Trinajstić information content (AvgIpc) is 2.57. The van der Waals surface area contributed by atoms with Gasteiger partial charge in [0.1, 0.15) is 4.34 Å². The Bertz CT molecular complexity index is 420. The van der Waals surface area contributed by atoms with Gasteiger partial charge in [-0.1, -0.05) is 53.3 Å². The van der Waals surface area contributed by atoms with E-state index in [1.54, 1.807) is 0 Å². The summed E-state index contributed by atoms with van der Waals surface area (Å²) in [5.41, 5.74) is 2.12. The summed E-state index contributed by atoms with van der Waals surface area (Å²) in [6, 6.07) is 10.2. The number of nitrogens with one attached hydrogen (secondary N) is 1. The van der Waals surface area contributed by atoms with Gasteiger partial charge in [0.25, 0.3) is 0 Å². The molecule has 2 nitrogen and oxygen atoms in total. The Labute approximate surface area is 97.9 Å². The lowest BCUT2D eigenvalue weighted by Gasteiger charge is -2.01. The van der Waals surface area contributed by atoms with Crippen molar-refractivity contribution in [3.05, 3.63) is 45.9 Å². The fraction of sp³-hybridized carbons (Fsp3) is 0.182. The molecule has 0 aliphatic heterocycles. The minimum absolute atomic E-state index is 0.755. The van der Waals surface area contributed by atoms with Crippen molar-refractivity contribution in [1.29, 1.82) is 0 Å². The SMILES string of the molecule is Cc1nc(NCc2ccccc2)sc1Cl. The molecule has 0 aliphatic carbocycles. The summed E-state index contributed by atoms with van der Waals surface area (Å²) in [4.78, 5) is 4.30. The highest BCUT2D eigenvalue weighted by Gasteiger charge is 2.03. The van der Waals surface area contributed by atoms with E-state index < -0.39 is 0 Å². The molecule has 0 saturated carbocycles. The van der Waals surface area contributed by atoms with Gasteiger partial charge >= 0.3 is 0 Å². The molecule has 1 aromatic heterocycles. The third-order valence-electron chi connectivity index (χ3n) is 2.03. The van der Waals surface area contributed by atoms with Crippen LogP contribution in [0, 0.1) is 6.92 Å². The number of halogens is 1. The van der Waals surface area contributed by atoms with Gasteiger partial charge in [0.15, 0.2) is 5.13 Å². The molecule has 0 unspecified atom stereocenters. The second kappa shape index (κ2) is 4.64. The van der Waals surface area contributed by atoms with Crippen LogP contribution in [0.1, 0.15) is 11.3 Å². The van der Waals surface area contributed by atoms with E-state index in [0.29, 0.717) is 0 Å². The van der Waals surface area contributed by atoms with Gasteiger partial charge in [-0.15, -0.1) is 0 Å². The molecule has 0 amide bonds. The average molecular weight is 239 g/mol. The number of nitrogens with zero attached hydrogens (tertiary/aromatic N) is 1. The Morgan fingerprint density at radius 3 is 2.67 bits per heavy atom. The lowest BCUT2D eigenvalue weighted by Crippen LogP contribution is -1.98. The largest absolute Gasteiger partial charge is 0.357 e. The Morgan fingerprint density at radius 1 is 1.33 bits per heavy atom. The molecule has 0 atom stereocenters. The second-order valence-electron chi connectivity index (χ2n) is 3.22. The first-order valence-corrected chi connectivity index (χ1v) is 5.86. The molecule has 1 aromatic carbocycles. The minimum atomic E-state index is 0.755. The van der Waals surface area contributed by atoms with Crippen LogP contribution in [0.15, 0.2) is 30.3 Å². The molecule has 1 heterocycles. The topological polar surface area (TPSA) is 24.9 Å². The maximum atomic E-state index is 5.93. The maximum absolute atomic E-state index is 5.93. The highest BCUT2D eigenvalue weighted by atomic mass is 35.5. The van der Waals surface area contributed by atoms with Crippen LogP contribution in [0.5, 0.6) is 0 Å². The van der Waals surface area contributed by atoms with Crippen molar-refractivity contribution in [1.82, 2.24) is 4.98 Å². The van der Waals surface area contributed by atoms with Gasteiger partial charge in [0.2, 0.25) is 0 Å². The number of rotatable bonds is 3. The lowest BCUT2D eigenvalue weighted by atomic mass is 10.2. The smallest absolute Gasteiger partial charge is 0.184 e. The normalized spacial score (nSPS) is 10.3. The molecule has 4 heteroatoms. The zero-order valence-corrected chi connectivity index (χ0v) is 9.90. The van der Waals surface area contributed by atoms with Gasteiger partial charge in [-0.3, -0.25) is 0 Å². The zero-order chi connectivity index (χ0) is 10.7. The van der Waals surface area contributed by atoms with Crippen LogP contribution in [0.2, 0.25) is 4.34 Å². The van der Waals surface area contributed by atoms with Gasteiger partial charge in [-0.25, -0.2) is 4.98 Å². The fourth-order valence-corrected chi connectivity index (χ4v) is 2.18. The van der Waals surface area contributed by atoms with E-state index in [1.165, 1.54) is 16.9 Å². The molecule has 2 rings (SSSR count). The van der Waals surface area contributed by atoms with E-state index in [1.807, 2.05) is 25.1 Å². The van der Waals surface area contributed by atoms with Crippen molar-refractivity contribution >= 4 is 28.1 Å². The maximum Gasteiger partial charge on any atom is 0.184 e. The van der Waals surface area contributed by atoms with Gasteiger partial charge in [0, 0.05) is 6.54 Å². The van der Waals surface area contributed by atoms with Gasteiger partial charge in [-0.2, -0.15) is 0 Å². The highest BCUT2D eigenvalue weighted by molar-refractivity contribution is 7.19. The molecule has 15 heavy (non-hydrogen) atoms. The number of hydrogen-bond donors (Lipinski definition) is 1. The van der Waals surface area contributed by atoms with E-state index in [-0.39, 0.29) is 0 Å². The Morgan fingerprint density at radius 2 is 2.07 bits per heavy atom. The third kappa shape index (κ3) is 2.70. The van der Waals surface area contributed by atoms with Crippen molar-refractivity contribution in [3.8, 4) is 0 Å². The molecule has 0 bridgehead atoms. The molecular weight excluding hydrogens is 228 g/mol. The molecule has 0 fully saturated rings. The third-order valence-corrected chi connectivity index (χ3v) is 3.44. The van der Waals surface area contributed by atoms with Crippen LogP contribution >= 0.6 is 22.9 Å². The highest BCUT2D eigenvalue weighted by Crippen LogP contribution is 2.27. The predicted octanol–water partition coefficient (Wildman–Crippen LogP) is 3.72. The van der Waals surface area contributed by atoms with Crippen LogP contribution in [-0.2, 0) is 6.54 Å². The van der Waals surface area contributed by atoms with Crippen LogP contribution < -0.4 is 5.32 Å². The van der Waals surface area contributed by atoms with Crippen LogP contribution in [-0.4, -0.2) is 4.98 Å². The number of hydrogen-bond acceptors (Lipinski definition) is 3. The van der Waals surface area contributed by atoms with Crippen molar-refractivity contribution in [2.75, 3.05) is 5.32 Å². The van der Waals surface area contributed by atoms with Crippen molar-refractivity contribution in [2.24, 2.45) is 0 Å². The van der Waals surface area contributed by atoms with Crippen LogP contribution in [0.4, 0.5) is 5.13 Å². The minimum Gasteiger partial charge on any atom is -0.357 e. The first-order chi connectivity index (χ1) is 7.25. The summed E-state index contributed by atoms with van der Waals surface area (Å²) >= 11 is 7.40. The number of aromatic nitrogens is 1. The van der Waals surface area contributed by atoms with Crippen LogP contribution in [0.3, 0.4) is 0 Å². The summed E-state index contributed by atoms with van der Waals surface area (Å²) in [5.74, 6) is 0. The molecule has 2 aromatic rings. The zero-order valence-electron chi connectivity index (χ0n) is 8.33. The quantitative estimate of drug-likeness (QED) is 0.882. The number of aryl methyl sites for hydroxylation is 1. The molecular formula is C11H11ClN2S. The van der Waals surface area contributed by atoms with E-state index >= 15 is 0 Å². The predicted molar refractivity (Wildman–Crippen MR) is 65.6 cm³/mol. The molecule has 78 valence electrons. The summed E-state index contributed by atoms with van der Waals surface area (Å²) in [7, 11) is 0. The second-order valence-corrected chi connectivity index (χ2v) is 4.82. The molecule has 0 radical (unpaired) electrons. The lowest BCUT2D eigenvalue weighted by molar-refractivity contribution is 1.12. The Kier molecular flexibility index (Phi) is 3.23. The monoisotopic (exact) mass is 238 g/mol. The van der Waals surface area contributed by atoms with E-state index in [0.717, 1.165) is 21.7 Å². The molecule has 0 saturated heterocycles. The summed E-state index contributed by atoms with van der Waals surface area (Å²) in [5, 5.41) is 4.12. The first-order valence-electron chi connectivity index (χ1n) is 4.66. The summed E-state index contributed by atoms with van der Waals surface area (Å²) in [6.07, 6.45) is 0. The summed E-state index contributed by atoms with van der Waals surface area (Å²) in [6.45, 7) is 2.69. The summed E-state index contributed by atoms with van der Waals surface area (Å²) < 4.78 is 0.755. The van der Waals surface area contributed by atoms with E-state index in [9.17, 15) is 0 Å². The Hall–Kier alpha value is -1.06.